The number of hydrogen-bond acceptors (Lipinski definition) is 4. The number of aromatic nitrogens is 1. The molecule has 1 rings (SSSR count). The minimum Gasteiger partial charge on any atom is -0.475 e. The molecule has 4 heteroatoms. The van der Waals surface area contributed by atoms with E-state index in [1.807, 2.05) is 13.8 Å². The minimum atomic E-state index is 0.546. The van der Waals surface area contributed by atoms with E-state index in [1.54, 1.807) is 0 Å². The van der Waals surface area contributed by atoms with Crippen LogP contribution < -0.4 is 10.1 Å². The fourth-order valence-electron chi connectivity index (χ4n) is 1.90. The standard InChI is InChI=1S/C15H26N2O2/c1-5-7-16-11-14-12(3)10-13(4)17-15(14)19-9-8-18-6-2/h10,16H,5-9,11H2,1-4H3. The van der Waals surface area contributed by atoms with Crippen LogP contribution in [0.1, 0.15) is 37.1 Å². The summed E-state index contributed by atoms with van der Waals surface area (Å²) in [6, 6.07) is 2.10. The van der Waals surface area contributed by atoms with Gasteiger partial charge in [0.05, 0.1) is 6.61 Å². The molecule has 0 saturated heterocycles. The summed E-state index contributed by atoms with van der Waals surface area (Å²) >= 11 is 0. The van der Waals surface area contributed by atoms with E-state index in [-0.39, 0.29) is 0 Å². The van der Waals surface area contributed by atoms with Crippen LogP contribution in [0.4, 0.5) is 0 Å². The molecule has 0 fully saturated rings. The fraction of sp³-hybridized carbons (Fsp3) is 0.667. The van der Waals surface area contributed by atoms with E-state index in [4.69, 9.17) is 9.47 Å². The average molecular weight is 266 g/mol. The van der Waals surface area contributed by atoms with Gasteiger partial charge in [0.2, 0.25) is 5.88 Å². The van der Waals surface area contributed by atoms with Gasteiger partial charge in [-0.05, 0) is 45.4 Å². The van der Waals surface area contributed by atoms with Crippen LogP contribution in [0.25, 0.3) is 0 Å². The summed E-state index contributed by atoms with van der Waals surface area (Å²) in [5.41, 5.74) is 3.36. The molecule has 0 aliphatic carbocycles. The topological polar surface area (TPSA) is 43.4 Å². The Balaban J connectivity index is 2.69. The molecule has 0 aromatic carbocycles. The first-order chi connectivity index (χ1) is 9.19. The molecule has 0 amide bonds. The Labute approximate surface area is 116 Å². The Bertz CT molecular complexity index is 381. The number of nitrogens with zero attached hydrogens (tertiary/aromatic N) is 1. The van der Waals surface area contributed by atoms with Crippen LogP contribution in [0.2, 0.25) is 0 Å². The molecule has 0 aliphatic rings. The normalized spacial score (nSPS) is 10.7. The predicted octanol–water partition coefficient (Wildman–Crippen LogP) is 2.61. The Morgan fingerprint density at radius 3 is 2.68 bits per heavy atom. The summed E-state index contributed by atoms with van der Waals surface area (Å²) < 4.78 is 11.0. The summed E-state index contributed by atoms with van der Waals surface area (Å²) in [5.74, 6) is 0.737. The van der Waals surface area contributed by atoms with Gasteiger partial charge in [-0.3, -0.25) is 0 Å². The van der Waals surface area contributed by atoms with Gasteiger partial charge >= 0.3 is 0 Å². The number of rotatable bonds is 9. The van der Waals surface area contributed by atoms with Crippen molar-refractivity contribution < 1.29 is 9.47 Å². The van der Waals surface area contributed by atoms with Gasteiger partial charge in [-0.15, -0.1) is 0 Å². The molecule has 0 aliphatic heterocycles. The first-order valence-electron chi connectivity index (χ1n) is 7.07. The van der Waals surface area contributed by atoms with Gasteiger partial charge in [-0.1, -0.05) is 6.92 Å². The SMILES string of the molecule is CCCNCc1c(C)cc(C)nc1OCCOCC. The third kappa shape index (κ3) is 5.57. The lowest BCUT2D eigenvalue weighted by molar-refractivity contribution is 0.108. The Hall–Kier alpha value is -1.13. The van der Waals surface area contributed by atoms with Crippen molar-refractivity contribution in [1.82, 2.24) is 10.3 Å². The maximum absolute atomic E-state index is 5.76. The molecule has 0 saturated carbocycles. The van der Waals surface area contributed by atoms with Crippen LogP contribution in [0, 0.1) is 13.8 Å². The monoisotopic (exact) mass is 266 g/mol. The van der Waals surface area contributed by atoms with Crippen LogP contribution in [0.5, 0.6) is 5.88 Å². The summed E-state index contributed by atoms with van der Waals surface area (Å²) in [5, 5.41) is 3.40. The van der Waals surface area contributed by atoms with Crippen molar-refractivity contribution in [2.24, 2.45) is 0 Å². The first-order valence-corrected chi connectivity index (χ1v) is 7.07. The first kappa shape index (κ1) is 15.9. The maximum atomic E-state index is 5.76. The molecule has 0 spiro atoms. The molecule has 0 bridgehead atoms. The maximum Gasteiger partial charge on any atom is 0.218 e. The van der Waals surface area contributed by atoms with Crippen molar-refractivity contribution in [3.8, 4) is 5.88 Å². The summed E-state index contributed by atoms with van der Waals surface area (Å²) in [6.45, 7) is 11.9. The summed E-state index contributed by atoms with van der Waals surface area (Å²) in [4.78, 5) is 4.49. The highest BCUT2D eigenvalue weighted by Gasteiger charge is 2.09. The molecule has 1 heterocycles. The Kier molecular flexibility index (Phi) is 7.45. The van der Waals surface area contributed by atoms with E-state index in [2.05, 4.69) is 30.2 Å². The second-order valence-electron chi connectivity index (χ2n) is 4.59. The lowest BCUT2D eigenvalue weighted by Gasteiger charge is -2.14. The van der Waals surface area contributed by atoms with Gasteiger partial charge in [-0.25, -0.2) is 4.98 Å². The molecular weight excluding hydrogens is 240 g/mol. The molecule has 0 atom stereocenters. The van der Waals surface area contributed by atoms with Gasteiger partial charge in [0, 0.05) is 24.4 Å². The third-order valence-electron chi connectivity index (χ3n) is 2.84. The fourth-order valence-corrected chi connectivity index (χ4v) is 1.90. The second-order valence-corrected chi connectivity index (χ2v) is 4.59. The van der Waals surface area contributed by atoms with E-state index in [9.17, 15) is 0 Å². The predicted molar refractivity (Wildman–Crippen MR) is 77.7 cm³/mol. The second kappa shape index (κ2) is 8.88. The highest BCUT2D eigenvalue weighted by Crippen LogP contribution is 2.20. The Morgan fingerprint density at radius 1 is 1.21 bits per heavy atom. The van der Waals surface area contributed by atoms with E-state index in [1.165, 1.54) is 5.56 Å². The molecule has 108 valence electrons. The van der Waals surface area contributed by atoms with Crippen molar-refractivity contribution in [1.29, 1.82) is 0 Å². The molecule has 4 nitrogen and oxygen atoms in total. The van der Waals surface area contributed by atoms with Crippen LogP contribution in [-0.2, 0) is 11.3 Å². The number of ether oxygens (including phenoxy) is 2. The molecule has 1 aromatic heterocycles. The van der Waals surface area contributed by atoms with E-state index in [0.29, 0.717) is 19.8 Å². The molecule has 0 unspecified atom stereocenters. The number of aryl methyl sites for hydroxylation is 2. The van der Waals surface area contributed by atoms with Crippen molar-refractivity contribution in [2.45, 2.75) is 40.7 Å². The van der Waals surface area contributed by atoms with E-state index in [0.717, 1.165) is 36.6 Å². The smallest absolute Gasteiger partial charge is 0.218 e. The zero-order chi connectivity index (χ0) is 14.1. The zero-order valence-electron chi connectivity index (χ0n) is 12.6. The lowest BCUT2D eigenvalue weighted by atomic mass is 10.1. The van der Waals surface area contributed by atoms with Gasteiger partial charge in [0.15, 0.2) is 0 Å². The average Bonchev–Trinajstić information content (AvgIpc) is 2.37. The quantitative estimate of drug-likeness (QED) is 0.698. The van der Waals surface area contributed by atoms with Gasteiger partial charge in [-0.2, -0.15) is 0 Å². The Morgan fingerprint density at radius 2 is 2.00 bits per heavy atom. The number of pyridine rings is 1. The zero-order valence-corrected chi connectivity index (χ0v) is 12.6. The van der Waals surface area contributed by atoms with Crippen LogP contribution in [-0.4, -0.2) is 31.3 Å². The molecule has 19 heavy (non-hydrogen) atoms. The van der Waals surface area contributed by atoms with Crippen molar-refractivity contribution in [3.63, 3.8) is 0 Å². The molecular formula is C15H26N2O2. The van der Waals surface area contributed by atoms with Crippen LogP contribution in [0.15, 0.2) is 6.07 Å². The minimum absolute atomic E-state index is 0.546. The van der Waals surface area contributed by atoms with Gasteiger partial charge in [0.1, 0.15) is 6.61 Å². The number of nitrogens with one attached hydrogen (secondary N) is 1. The molecule has 1 aromatic rings. The summed E-state index contributed by atoms with van der Waals surface area (Å²) in [6.07, 6.45) is 1.12. The highest BCUT2D eigenvalue weighted by atomic mass is 16.5. The summed E-state index contributed by atoms with van der Waals surface area (Å²) in [7, 11) is 0. The van der Waals surface area contributed by atoms with Crippen molar-refractivity contribution >= 4 is 0 Å². The van der Waals surface area contributed by atoms with Crippen molar-refractivity contribution in [2.75, 3.05) is 26.4 Å². The highest BCUT2D eigenvalue weighted by molar-refractivity contribution is 5.35. The van der Waals surface area contributed by atoms with Crippen LogP contribution >= 0.6 is 0 Å². The number of hydrogen-bond donors (Lipinski definition) is 1. The van der Waals surface area contributed by atoms with Crippen LogP contribution in [0.3, 0.4) is 0 Å². The van der Waals surface area contributed by atoms with E-state index < -0.39 is 0 Å². The van der Waals surface area contributed by atoms with Gasteiger partial charge < -0.3 is 14.8 Å². The molecule has 1 N–H and O–H groups in total. The van der Waals surface area contributed by atoms with E-state index >= 15 is 0 Å². The van der Waals surface area contributed by atoms with Crippen molar-refractivity contribution in [3.05, 3.63) is 22.9 Å². The third-order valence-corrected chi connectivity index (χ3v) is 2.84. The molecule has 0 radical (unpaired) electrons. The lowest BCUT2D eigenvalue weighted by Crippen LogP contribution is -2.17. The largest absolute Gasteiger partial charge is 0.475 e. The van der Waals surface area contributed by atoms with Gasteiger partial charge in [0.25, 0.3) is 0 Å².